The van der Waals surface area contributed by atoms with Crippen LogP contribution in [0.1, 0.15) is 18.7 Å². The molecule has 0 radical (unpaired) electrons. The number of rotatable bonds is 3. The lowest BCUT2D eigenvalue weighted by Gasteiger charge is -2.20. The molecule has 1 fully saturated rings. The fourth-order valence-corrected chi connectivity index (χ4v) is 1.89. The minimum atomic E-state index is -0.944. The van der Waals surface area contributed by atoms with Crippen LogP contribution in [0.2, 0.25) is 0 Å². The fourth-order valence-electron chi connectivity index (χ4n) is 1.89. The Labute approximate surface area is 92.5 Å². The third kappa shape index (κ3) is 1.78. The Kier molecular flexibility index (Phi) is 2.64. The van der Waals surface area contributed by atoms with Crippen LogP contribution in [-0.2, 0) is 23.2 Å². The Morgan fingerprint density at radius 1 is 1.69 bits per heavy atom. The zero-order chi connectivity index (χ0) is 11.7. The van der Waals surface area contributed by atoms with Crippen LogP contribution in [-0.4, -0.2) is 37.5 Å². The highest BCUT2D eigenvalue weighted by Gasteiger charge is 2.36. The van der Waals surface area contributed by atoms with Crippen LogP contribution in [0.5, 0.6) is 0 Å². The third-order valence-corrected chi connectivity index (χ3v) is 2.85. The van der Waals surface area contributed by atoms with Crippen molar-refractivity contribution in [3.05, 3.63) is 18.2 Å². The van der Waals surface area contributed by atoms with E-state index in [2.05, 4.69) is 4.98 Å². The fraction of sp³-hybridized carbons (Fsp3) is 0.500. The van der Waals surface area contributed by atoms with E-state index < -0.39 is 12.0 Å². The lowest BCUT2D eigenvalue weighted by molar-refractivity contribution is -0.146. The average Bonchev–Trinajstić information content (AvgIpc) is 2.76. The van der Waals surface area contributed by atoms with Gasteiger partial charge >= 0.3 is 5.97 Å². The molecular formula is C10H13N3O3. The Balaban J connectivity index is 2.16. The first kappa shape index (κ1) is 10.7. The van der Waals surface area contributed by atoms with Gasteiger partial charge in [-0.25, -0.2) is 9.78 Å². The van der Waals surface area contributed by atoms with Crippen LogP contribution in [0.3, 0.4) is 0 Å². The van der Waals surface area contributed by atoms with Crippen LogP contribution in [0, 0.1) is 0 Å². The minimum absolute atomic E-state index is 0.115. The number of carboxylic acids is 1. The minimum Gasteiger partial charge on any atom is -0.480 e. The standard InChI is InChI=1S/C10H13N3O3/c1-12-5-4-11-8(12)6-13-7(10(15)16)2-3-9(13)14/h4-5,7H,2-3,6H2,1H3,(H,15,16). The van der Waals surface area contributed by atoms with Crippen molar-refractivity contribution in [2.24, 2.45) is 7.05 Å². The Hall–Kier alpha value is -1.85. The van der Waals surface area contributed by atoms with E-state index in [1.165, 1.54) is 4.90 Å². The molecule has 6 heteroatoms. The van der Waals surface area contributed by atoms with Crippen molar-refractivity contribution < 1.29 is 14.7 Å². The van der Waals surface area contributed by atoms with Crippen molar-refractivity contribution in [2.45, 2.75) is 25.4 Å². The molecule has 1 aromatic heterocycles. The van der Waals surface area contributed by atoms with Crippen molar-refractivity contribution in [3.8, 4) is 0 Å². The quantitative estimate of drug-likeness (QED) is 0.782. The number of likely N-dealkylation sites (tertiary alicyclic amines) is 1. The summed E-state index contributed by atoms with van der Waals surface area (Å²) >= 11 is 0. The molecule has 1 N–H and O–H groups in total. The van der Waals surface area contributed by atoms with Gasteiger partial charge in [0.2, 0.25) is 5.91 Å². The van der Waals surface area contributed by atoms with Crippen LogP contribution in [0.4, 0.5) is 0 Å². The molecule has 6 nitrogen and oxygen atoms in total. The van der Waals surface area contributed by atoms with Gasteiger partial charge in [-0.3, -0.25) is 4.79 Å². The normalized spacial score (nSPS) is 20.4. The second kappa shape index (κ2) is 3.96. The van der Waals surface area contributed by atoms with Gasteiger partial charge in [-0.2, -0.15) is 0 Å². The van der Waals surface area contributed by atoms with Crippen LogP contribution < -0.4 is 0 Å². The second-order valence-corrected chi connectivity index (χ2v) is 3.87. The van der Waals surface area contributed by atoms with Crippen LogP contribution in [0.15, 0.2) is 12.4 Å². The van der Waals surface area contributed by atoms with E-state index in [1.807, 2.05) is 7.05 Å². The van der Waals surface area contributed by atoms with Crippen molar-refractivity contribution in [2.75, 3.05) is 0 Å². The summed E-state index contributed by atoms with van der Waals surface area (Å²) in [5, 5.41) is 8.98. The summed E-state index contributed by atoms with van der Waals surface area (Å²) in [5.41, 5.74) is 0. The average molecular weight is 223 g/mol. The number of carboxylic acid groups (broad SMARTS) is 1. The summed E-state index contributed by atoms with van der Waals surface area (Å²) in [6.45, 7) is 0.263. The van der Waals surface area contributed by atoms with Gasteiger partial charge in [0.1, 0.15) is 11.9 Å². The molecule has 0 bridgehead atoms. The van der Waals surface area contributed by atoms with Crippen molar-refractivity contribution in [1.29, 1.82) is 0 Å². The molecule has 1 saturated heterocycles. The van der Waals surface area contributed by atoms with E-state index in [4.69, 9.17) is 5.11 Å². The Morgan fingerprint density at radius 3 is 3.00 bits per heavy atom. The first-order valence-electron chi connectivity index (χ1n) is 5.08. The summed E-state index contributed by atoms with van der Waals surface area (Å²) in [7, 11) is 1.82. The molecule has 0 spiro atoms. The molecular weight excluding hydrogens is 210 g/mol. The van der Waals surface area contributed by atoms with Crippen molar-refractivity contribution in [1.82, 2.24) is 14.5 Å². The number of hydrogen-bond acceptors (Lipinski definition) is 3. The Bertz CT molecular complexity index is 427. The van der Waals surface area contributed by atoms with Crippen LogP contribution >= 0.6 is 0 Å². The highest BCUT2D eigenvalue weighted by atomic mass is 16.4. The lowest BCUT2D eigenvalue weighted by Crippen LogP contribution is -2.38. The molecule has 0 aliphatic carbocycles. The van der Waals surface area contributed by atoms with Gasteiger partial charge in [0, 0.05) is 25.9 Å². The predicted octanol–water partition coefficient (Wildman–Crippen LogP) is -0.00430. The number of hydrogen-bond donors (Lipinski definition) is 1. The topological polar surface area (TPSA) is 75.4 Å². The molecule has 1 amide bonds. The second-order valence-electron chi connectivity index (χ2n) is 3.87. The number of amides is 1. The number of imidazole rings is 1. The van der Waals surface area contributed by atoms with E-state index in [0.717, 1.165) is 0 Å². The van der Waals surface area contributed by atoms with Gasteiger partial charge in [-0.1, -0.05) is 0 Å². The smallest absolute Gasteiger partial charge is 0.326 e. The van der Waals surface area contributed by atoms with E-state index >= 15 is 0 Å². The molecule has 2 rings (SSSR count). The maximum Gasteiger partial charge on any atom is 0.326 e. The molecule has 2 heterocycles. The largest absolute Gasteiger partial charge is 0.480 e. The summed E-state index contributed by atoms with van der Waals surface area (Å²) in [6.07, 6.45) is 4.09. The molecule has 1 aliphatic rings. The molecule has 1 unspecified atom stereocenters. The number of carbonyl (C=O) groups is 2. The molecule has 1 aromatic rings. The summed E-state index contributed by atoms with van der Waals surface area (Å²) in [6, 6.07) is -0.704. The zero-order valence-corrected chi connectivity index (χ0v) is 8.96. The SMILES string of the molecule is Cn1ccnc1CN1C(=O)CCC1C(=O)O. The highest BCUT2D eigenvalue weighted by molar-refractivity contribution is 5.87. The first-order chi connectivity index (χ1) is 7.59. The maximum absolute atomic E-state index is 11.6. The van der Waals surface area contributed by atoms with Gasteiger partial charge < -0.3 is 14.6 Å². The summed E-state index contributed by atoms with van der Waals surface area (Å²) in [4.78, 5) is 28.0. The molecule has 1 aliphatic heterocycles. The first-order valence-corrected chi connectivity index (χ1v) is 5.08. The van der Waals surface area contributed by atoms with Crippen molar-refractivity contribution >= 4 is 11.9 Å². The van der Waals surface area contributed by atoms with Crippen LogP contribution in [0.25, 0.3) is 0 Å². The molecule has 86 valence electrons. The molecule has 0 saturated carbocycles. The number of aromatic nitrogens is 2. The van der Waals surface area contributed by atoms with Gasteiger partial charge in [0.05, 0.1) is 6.54 Å². The van der Waals surface area contributed by atoms with Crippen molar-refractivity contribution in [3.63, 3.8) is 0 Å². The summed E-state index contributed by atoms with van der Waals surface area (Å²) < 4.78 is 1.78. The maximum atomic E-state index is 11.6. The van der Waals surface area contributed by atoms with E-state index in [0.29, 0.717) is 18.7 Å². The van der Waals surface area contributed by atoms with E-state index in [-0.39, 0.29) is 12.5 Å². The van der Waals surface area contributed by atoms with Gasteiger partial charge in [0.25, 0.3) is 0 Å². The number of aryl methyl sites for hydroxylation is 1. The third-order valence-electron chi connectivity index (χ3n) is 2.85. The number of nitrogens with zero attached hydrogens (tertiary/aromatic N) is 3. The predicted molar refractivity (Wildman–Crippen MR) is 54.4 cm³/mol. The van der Waals surface area contributed by atoms with Gasteiger partial charge in [-0.05, 0) is 6.42 Å². The highest BCUT2D eigenvalue weighted by Crippen LogP contribution is 2.20. The number of carbonyl (C=O) groups excluding carboxylic acids is 1. The zero-order valence-electron chi connectivity index (χ0n) is 8.96. The molecule has 1 atom stereocenters. The summed E-state index contributed by atoms with van der Waals surface area (Å²) in [5.74, 6) is -0.364. The molecule has 0 aromatic carbocycles. The lowest BCUT2D eigenvalue weighted by atomic mass is 10.2. The number of aliphatic carboxylic acids is 1. The van der Waals surface area contributed by atoms with Gasteiger partial charge in [-0.15, -0.1) is 0 Å². The van der Waals surface area contributed by atoms with E-state index in [9.17, 15) is 9.59 Å². The van der Waals surface area contributed by atoms with Gasteiger partial charge in [0.15, 0.2) is 0 Å². The molecule has 16 heavy (non-hydrogen) atoms. The monoisotopic (exact) mass is 223 g/mol. The van der Waals surface area contributed by atoms with E-state index in [1.54, 1.807) is 17.0 Å². The Morgan fingerprint density at radius 2 is 2.44 bits per heavy atom.